The Hall–Kier alpha value is -3.87. The van der Waals surface area contributed by atoms with Gasteiger partial charge in [0.15, 0.2) is 0 Å². The molecule has 40 heavy (non-hydrogen) atoms. The summed E-state index contributed by atoms with van der Waals surface area (Å²) in [6.07, 6.45) is 0.939. The first-order chi connectivity index (χ1) is 19.4. The van der Waals surface area contributed by atoms with Crippen LogP contribution in [0.25, 0.3) is 10.8 Å². The van der Waals surface area contributed by atoms with Crippen molar-refractivity contribution in [1.82, 2.24) is 10.2 Å². The van der Waals surface area contributed by atoms with Gasteiger partial charge in [0.2, 0.25) is 11.8 Å². The Balaban J connectivity index is 1.37. The Bertz CT molecular complexity index is 1570. The molecule has 1 heterocycles. The van der Waals surface area contributed by atoms with Crippen LogP contribution in [-0.2, 0) is 22.6 Å². The SMILES string of the molecule is CNC(=O)C(Cc1ccccc1)N(Cc1ccc(Cl)cc1Cl)C(=O)CCCN1C(=O)c2cccc3cccc1c23. The van der Waals surface area contributed by atoms with E-state index in [1.54, 1.807) is 35.0 Å². The summed E-state index contributed by atoms with van der Waals surface area (Å²) in [7, 11) is 1.56. The van der Waals surface area contributed by atoms with E-state index in [0.717, 1.165) is 22.0 Å². The Morgan fingerprint density at radius 1 is 0.950 bits per heavy atom. The lowest BCUT2D eigenvalue weighted by atomic mass is 10.0. The molecule has 1 atom stereocenters. The van der Waals surface area contributed by atoms with Gasteiger partial charge < -0.3 is 15.1 Å². The van der Waals surface area contributed by atoms with E-state index in [0.29, 0.717) is 40.6 Å². The number of rotatable bonds is 10. The van der Waals surface area contributed by atoms with Crippen molar-refractivity contribution in [1.29, 1.82) is 0 Å². The van der Waals surface area contributed by atoms with Gasteiger partial charge in [0.25, 0.3) is 5.91 Å². The molecular weight excluding hydrogens is 545 g/mol. The third kappa shape index (κ3) is 5.69. The summed E-state index contributed by atoms with van der Waals surface area (Å²) >= 11 is 12.6. The number of halogens is 2. The average molecular weight is 575 g/mol. The minimum Gasteiger partial charge on any atom is -0.357 e. The van der Waals surface area contributed by atoms with Gasteiger partial charge in [-0.25, -0.2) is 0 Å². The standard InChI is InChI=1S/C32H29Cl2N3O3/c1-35-31(39)28(18-21-8-3-2-4-9-21)37(20-23-15-16-24(33)19-26(23)34)29(38)14-7-17-36-27-13-6-11-22-10-5-12-25(30(22)27)32(36)40/h2-6,8-13,15-16,19,28H,7,14,17-18,20H2,1H3,(H,35,39). The van der Waals surface area contributed by atoms with Crippen molar-refractivity contribution in [2.75, 3.05) is 18.5 Å². The summed E-state index contributed by atoms with van der Waals surface area (Å²) in [5, 5.41) is 5.60. The zero-order chi connectivity index (χ0) is 28.2. The molecule has 1 aliphatic rings. The van der Waals surface area contributed by atoms with Crippen LogP contribution < -0.4 is 10.2 Å². The van der Waals surface area contributed by atoms with E-state index in [-0.39, 0.29) is 30.7 Å². The quantitative estimate of drug-likeness (QED) is 0.243. The highest BCUT2D eigenvalue weighted by Crippen LogP contribution is 2.37. The maximum atomic E-state index is 13.8. The van der Waals surface area contributed by atoms with Crippen LogP contribution in [0.1, 0.15) is 34.3 Å². The fourth-order valence-corrected chi connectivity index (χ4v) is 5.76. The lowest BCUT2D eigenvalue weighted by Gasteiger charge is -2.31. The van der Waals surface area contributed by atoms with Crippen molar-refractivity contribution < 1.29 is 14.4 Å². The second-order valence-corrected chi connectivity index (χ2v) is 10.7. The number of carbonyl (C=O) groups is 3. The molecule has 204 valence electrons. The highest BCUT2D eigenvalue weighted by molar-refractivity contribution is 6.35. The summed E-state index contributed by atoms with van der Waals surface area (Å²) in [6, 6.07) is 25.6. The van der Waals surface area contributed by atoms with Crippen LogP contribution in [0.2, 0.25) is 10.0 Å². The second-order valence-electron chi connectivity index (χ2n) is 9.82. The van der Waals surface area contributed by atoms with Crippen LogP contribution in [-0.4, -0.2) is 42.3 Å². The van der Waals surface area contributed by atoms with Crippen LogP contribution in [0.5, 0.6) is 0 Å². The van der Waals surface area contributed by atoms with Gasteiger partial charge in [0.05, 0.1) is 5.69 Å². The molecule has 0 aliphatic carbocycles. The molecule has 5 rings (SSSR count). The average Bonchev–Trinajstić information content (AvgIpc) is 3.24. The van der Waals surface area contributed by atoms with Crippen LogP contribution in [0.15, 0.2) is 84.9 Å². The van der Waals surface area contributed by atoms with Crippen molar-refractivity contribution >= 4 is 57.4 Å². The Morgan fingerprint density at radius 2 is 1.70 bits per heavy atom. The van der Waals surface area contributed by atoms with Gasteiger partial charge in [0, 0.05) is 54.0 Å². The highest BCUT2D eigenvalue weighted by atomic mass is 35.5. The number of hydrogen-bond donors (Lipinski definition) is 1. The first-order valence-electron chi connectivity index (χ1n) is 13.2. The van der Waals surface area contributed by atoms with E-state index >= 15 is 0 Å². The van der Waals surface area contributed by atoms with Crippen LogP contribution in [0.3, 0.4) is 0 Å². The Morgan fingerprint density at radius 3 is 2.42 bits per heavy atom. The van der Waals surface area contributed by atoms with Crippen molar-refractivity contribution in [3.63, 3.8) is 0 Å². The number of benzene rings is 4. The molecule has 0 radical (unpaired) electrons. The van der Waals surface area contributed by atoms with E-state index in [1.807, 2.05) is 66.7 Å². The lowest BCUT2D eigenvalue weighted by molar-refractivity contribution is -0.141. The smallest absolute Gasteiger partial charge is 0.258 e. The van der Waals surface area contributed by atoms with Crippen molar-refractivity contribution in [2.45, 2.75) is 31.8 Å². The third-order valence-electron chi connectivity index (χ3n) is 7.29. The number of amides is 3. The van der Waals surface area contributed by atoms with Gasteiger partial charge in [0.1, 0.15) is 6.04 Å². The molecule has 0 fully saturated rings. The molecule has 0 aromatic heterocycles. The van der Waals surface area contributed by atoms with Gasteiger partial charge in [-0.1, -0.05) is 83.9 Å². The molecule has 0 spiro atoms. The van der Waals surface area contributed by atoms with Gasteiger partial charge >= 0.3 is 0 Å². The molecule has 4 aromatic carbocycles. The lowest BCUT2D eigenvalue weighted by Crippen LogP contribution is -2.49. The minimum absolute atomic E-state index is 0.0589. The molecule has 6 nitrogen and oxygen atoms in total. The molecule has 8 heteroatoms. The zero-order valence-corrected chi connectivity index (χ0v) is 23.6. The largest absolute Gasteiger partial charge is 0.357 e. The fraction of sp³-hybridized carbons (Fsp3) is 0.219. The number of carbonyl (C=O) groups excluding carboxylic acids is 3. The summed E-state index contributed by atoms with van der Waals surface area (Å²) in [5.41, 5.74) is 3.17. The van der Waals surface area contributed by atoms with E-state index < -0.39 is 6.04 Å². The van der Waals surface area contributed by atoms with Crippen molar-refractivity contribution in [3.05, 3.63) is 112 Å². The third-order valence-corrected chi connectivity index (χ3v) is 7.88. The topological polar surface area (TPSA) is 69.7 Å². The number of hydrogen-bond acceptors (Lipinski definition) is 3. The van der Waals surface area contributed by atoms with Crippen LogP contribution in [0, 0.1) is 0 Å². The number of likely N-dealkylation sites (N-methyl/N-ethyl adjacent to an activating group) is 1. The van der Waals surface area contributed by atoms with E-state index in [9.17, 15) is 14.4 Å². The maximum absolute atomic E-state index is 13.8. The predicted molar refractivity (Wildman–Crippen MR) is 160 cm³/mol. The molecule has 0 bridgehead atoms. The Kier molecular flexibility index (Phi) is 8.38. The molecule has 4 aromatic rings. The molecule has 1 N–H and O–H groups in total. The van der Waals surface area contributed by atoms with Crippen LogP contribution in [0.4, 0.5) is 5.69 Å². The zero-order valence-electron chi connectivity index (χ0n) is 22.1. The monoisotopic (exact) mass is 573 g/mol. The van der Waals surface area contributed by atoms with Gasteiger partial charge in [-0.15, -0.1) is 0 Å². The molecule has 3 amide bonds. The first-order valence-corrected chi connectivity index (χ1v) is 14.0. The molecule has 1 aliphatic heterocycles. The molecule has 0 saturated heterocycles. The molecular formula is C32H29Cl2N3O3. The normalized spacial score (nSPS) is 13.0. The van der Waals surface area contributed by atoms with Gasteiger partial charge in [-0.3, -0.25) is 14.4 Å². The predicted octanol–water partition coefficient (Wildman–Crippen LogP) is 6.27. The summed E-state index contributed by atoms with van der Waals surface area (Å²) in [4.78, 5) is 43.5. The minimum atomic E-state index is -0.752. The van der Waals surface area contributed by atoms with E-state index in [1.165, 1.54) is 0 Å². The summed E-state index contributed by atoms with van der Waals surface area (Å²) < 4.78 is 0. The Labute approximate surface area is 243 Å². The van der Waals surface area contributed by atoms with E-state index in [2.05, 4.69) is 5.32 Å². The molecule has 1 unspecified atom stereocenters. The first kappa shape index (κ1) is 27.7. The number of nitrogens with one attached hydrogen (secondary N) is 1. The van der Waals surface area contributed by atoms with E-state index in [4.69, 9.17) is 23.2 Å². The van der Waals surface area contributed by atoms with Gasteiger partial charge in [-0.2, -0.15) is 0 Å². The summed E-state index contributed by atoms with van der Waals surface area (Å²) in [6.45, 7) is 0.532. The number of nitrogens with zero attached hydrogens (tertiary/aromatic N) is 2. The maximum Gasteiger partial charge on any atom is 0.258 e. The second kappa shape index (κ2) is 12.1. The van der Waals surface area contributed by atoms with Crippen molar-refractivity contribution in [2.24, 2.45) is 0 Å². The number of anilines is 1. The highest BCUT2D eigenvalue weighted by Gasteiger charge is 2.32. The van der Waals surface area contributed by atoms with Crippen molar-refractivity contribution in [3.8, 4) is 0 Å². The summed E-state index contributed by atoms with van der Waals surface area (Å²) in [5.74, 6) is -0.520. The van der Waals surface area contributed by atoms with Gasteiger partial charge in [-0.05, 0) is 47.2 Å². The van der Waals surface area contributed by atoms with Crippen LogP contribution >= 0.6 is 23.2 Å². The molecule has 0 saturated carbocycles. The fourth-order valence-electron chi connectivity index (χ4n) is 5.29.